The van der Waals surface area contributed by atoms with Crippen LogP contribution in [0, 0.1) is 5.92 Å². The van der Waals surface area contributed by atoms with Crippen LogP contribution in [0.5, 0.6) is 0 Å². The van der Waals surface area contributed by atoms with Gasteiger partial charge in [0.15, 0.2) is 0 Å². The quantitative estimate of drug-likeness (QED) is 0.643. The molecule has 1 N–H and O–H groups in total. The van der Waals surface area contributed by atoms with Crippen molar-refractivity contribution in [1.29, 1.82) is 0 Å². The van der Waals surface area contributed by atoms with E-state index >= 15 is 0 Å². The molecule has 0 unspecified atom stereocenters. The molecule has 1 aliphatic rings. The van der Waals surface area contributed by atoms with Gasteiger partial charge in [0.05, 0.1) is 14.4 Å². The Labute approximate surface area is 136 Å². The highest BCUT2D eigenvalue weighted by Gasteiger charge is 2.43. The first-order valence-electron chi connectivity index (χ1n) is 6.80. The van der Waals surface area contributed by atoms with Gasteiger partial charge in [-0.2, -0.15) is 5.10 Å². The number of carbonyl (C=O) groups is 1. The van der Waals surface area contributed by atoms with Gasteiger partial charge in [-0.05, 0) is 52.9 Å². The van der Waals surface area contributed by atoms with Crippen molar-refractivity contribution < 1.29 is 4.79 Å². The third kappa shape index (κ3) is 3.41. The fourth-order valence-corrected chi connectivity index (χ4v) is 3.67. The van der Waals surface area contributed by atoms with Crippen molar-refractivity contribution >= 4 is 38.9 Å². The summed E-state index contributed by atoms with van der Waals surface area (Å²) in [6.45, 7) is 1.90. The summed E-state index contributed by atoms with van der Waals surface area (Å²) in [6, 6.07) is 14.1. The van der Waals surface area contributed by atoms with Gasteiger partial charge < -0.3 is 0 Å². The Morgan fingerprint density at radius 1 is 1.29 bits per heavy atom. The van der Waals surface area contributed by atoms with Crippen LogP contribution in [0.4, 0.5) is 0 Å². The SMILES string of the molecule is C/C(=N/NC(=O)[C@@H]1C[C@@H]1c1ccccc1)c1ccc(Br)s1. The van der Waals surface area contributed by atoms with Crippen LogP contribution in [0.2, 0.25) is 0 Å². The topological polar surface area (TPSA) is 41.5 Å². The lowest BCUT2D eigenvalue weighted by molar-refractivity contribution is -0.122. The van der Waals surface area contributed by atoms with Gasteiger partial charge in [0.25, 0.3) is 0 Å². The summed E-state index contributed by atoms with van der Waals surface area (Å²) < 4.78 is 1.06. The van der Waals surface area contributed by atoms with Crippen molar-refractivity contribution in [1.82, 2.24) is 5.43 Å². The number of thiophene rings is 1. The summed E-state index contributed by atoms with van der Waals surface area (Å²) in [7, 11) is 0. The highest BCUT2D eigenvalue weighted by Crippen LogP contribution is 2.47. The minimum atomic E-state index is 0.0128. The molecule has 108 valence electrons. The second kappa shape index (κ2) is 6.12. The van der Waals surface area contributed by atoms with Gasteiger partial charge in [-0.25, -0.2) is 5.43 Å². The molecule has 3 nitrogen and oxygen atoms in total. The number of rotatable bonds is 4. The van der Waals surface area contributed by atoms with E-state index in [2.05, 4.69) is 38.6 Å². The maximum atomic E-state index is 12.1. The molecule has 1 aromatic heterocycles. The highest BCUT2D eigenvalue weighted by atomic mass is 79.9. The number of hydrogen-bond acceptors (Lipinski definition) is 3. The molecule has 0 saturated heterocycles. The highest BCUT2D eigenvalue weighted by molar-refractivity contribution is 9.11. The molecule has 0 bridgehead atoms. The van der Waals surface area contributed by atoms with Gasteiger partial charge in [0.1, 0.15) is 0 Å². The third-order valence-corrected chi connectivity index (χ3v) is 5.35. The Kier molecular flexibility index (Phi) is 4.22. The maximum Gasteiger partial charge on any atom is 0.243 e. The van der Waals surface area contributed by atoms with Gasteiger partial charge in [-0.1, -0.05) is 30.3 Å². The zero-order valence-corrected chi connectivity index (χ0v) is 13.9. The van der Waals surface area contributed by atoms with Crippen molar-refractivity contribution in [2.45, 2.75) is 19.3 Å². The Morgan fingerprint density at radius 2 is 2.05 bits per heavy atom. The van der Waals surface area contributed by atoms with Crippen LogP contribution in [0.1, 0.15) is 29.7 Å². The molecule has 1 aromatic carbocycles. The summed E-state index contributed by atoms with van der Waals surface area (Å²) in [5, 5.41) is 4.20. The predicted molar refractivity (Wildman–Crippen MR) is 89.7 cm³/mol. The lowest BCUT2D eigenvalue weighted by Crippen LogP contribution is -2.21. The smallest absolute Gasteiger partial charge is 0.243 e. The average Bonchev–Trinajstić information content (AvgIpc) is 3.20. The fourth-order valence-electron chi connectivity index (χ4n) is 2.34. The number of carbonyl (C=O) groups excluding carboxylic acids is 1. The van der Waals surface area contributed by atoms with Crippen molar-refractivity contribution in [2.75, 3.05) is 0 Å². The van der Waals surface area contributed by atoms with E-state index in [0.717, 1.165) is 20.8 Å². The predicted octanol–water partition coefficient (Wildman–Crippen LogP) is 4.15. The first-order valence-corrected chi connectivity index (χ1v) is 8.41. The van der Waals surface area contributed by atoms with Gasteiger partial charge >= 0.3 is 0 Å². The molecule has 2 aromatic rings. The minimum absolute atomic E-state index is 0.0128. The number of nitrogens with zero attached hydrogens (tertiary/aromatic N) is 1. The van der Waals surface area contributed by atoms with Crippen LogP contribution in [-0.2, 0) is 4.79 Å². The number of hydrogen-bond donors (Lipinski definition) is 1. The lowest BCUT2D eigenvalue weighted by Gasteiger charge is -2.01. The molecule has 3 rings (SSSR count). The van der Waals surface area contributed by atoms with Crippen LogP contribution in [-0.4, -0.2) is 11.6 Å². The van der Waals surface area contributed by atoms with E-state index in [9.17, 15) is 4.79 Å². The summed E-state index contributed by atoms with van der Waals surface area (Å²) in [4.78, 5) is 13.2. The van der Waals surface area contributed by atoms with E-state index in [1.165, 1.54) is 5.56 Å². The zero-order chi connectivity index (χ0) is 14.8. The van der Waals surface area contributed by atoms with Crippen LogP contribution in [0.25, 0.3) is 0 Å². The van der Waals surface area contributed by atoms with Gasteiger partial charge in [-0.15, -0.1) is 11.3 Å². The third-order valence-electron chi connectivity index (χ3n) is 3.62. The van der Waals surface area contributed by atoms with Gasteiger partial charge in [0.2, 0.25) is 5.91 Å². The molecule has 21 heavy (non-hydrogen) atoms. The molecule has 1 saturated carbocycles. The van der Waals surface area contributed by atoms with Gasteiger partial charge in [-0.3, -0.25) is 4.79 Å². The largest absolute Gasteiger partial charge is 0.273 e. The summed E-state index contributed by atoms with van der Waals surface area (Å²) >= 11 is 5.03. The molecule has 1 aliphatic carbocycles. The van der Waals surface area contributed by atoms with Crippen LogP contribution >= 0.6 is 27.3 Å². The fraction of sp³-hybridized carbons (Fsp3) is 0.250. The molecular weight excluding hydrogens is 348 g/mol. The number of nitrogens with one attached hydrogen (secondary N) is 1. The van der Waals surface area contributed by atoms with Crippen LogP contribution in [0.15, 0.2) is 51.4 Å². The van der Waals surface area contributed by atoms with Crippen molar-refractivity contribution in [2.24, 2.45) is 11.0 Å². The van der Waals surface area contributed by atoms with Crippen molar-refractivity contribution in [3.8, 4) is 0 Å². The monoisotopic (exact) mass is 362 g/mol. The van der Waals surface area contributed by atoms with E-state index in [1.807, 2.05) is 37.3 Å². The minimum Gasteiger partial charge on any atom is -0.273 e. The van der Waals surface area contributed by atoms with E-state index in [0.29, 0.717) is 5.92 Å². The average molecular weight is 363 g/mol. The second-order valence-electron chi connectivity index (χ2n) is 5.14. The summed E-state index contributed by atoms with van der Waals surface area (Å²) in [5.41, 5.74) is 4.76. The first-order chi connectivity index (χ1) is 10.1. The molecule has 1 heterocycles. The van der Waals surface area contributed by atoms with E-state index < -0.39 is 0 Å². The molecule has 5 heteroatoms. The Morgan fingerprint density at radius 3 is 2.71 bits per heavy atom. The first kappa shape index (κ1) is 14.5. The number of hydrazone groups is 1. The standard InChI is InChI=1S/C16H15BrN2OS/c1-10(14-7-8-15(17)21-14)18-19-16(20)13-9-12(13)11-5-3-2-4-6-11/h2-8,12-13H,9H2,1H3,(H,19,20)/b18-10-/t12-,13-/m1/s1. The second-order valence-corrected chi connectivity index (χ2v) is 7.60. The van der Waals surface area contributed by atoms with E-state index in [1.54, 1.807) is 11.3 Å². The lowest BCUT2D eigenvalue weighted by atomic mass is 10.1. The molecule has 0 radical (unpaired) electrons. The van der Waals surface area contributed by atoms with E-state index in [-0.39, 0.29) is 11.8 Å². The van der Waals surface area contributed by atoms with Crippen LogP contribution < -0.4 is 5.43 Å². The van der Waals surface area contributed by atoms with Gasteiger partial charge in [0, 0.05) is 5.92 Å². The molecule has 1 fully saturated rings. The maximum absolute atomic E-state index is 12.1. The van der Waals surface area contributed by atoms with E-state index in [4.69, 9.17) is 0 Å². The molecule has 0 spiro atoms. The summed E-state index contributed by atoms with van der Waals surface area (Å²) in [5.74, 6) is 0.412. The molecule has 1 amide bonds. The van der Waals surface area contributed by atoms with Crippen LogP contribution in [0.3, 0.4) is 0 Å². The number of benzene rings is 1. The number of halogens is 1. The Balaban J connectivity index is 1.58. The molecule has 2 atom stereocenters. The Hall–Kier alpha value is -1.46. The summed E-state index contributed by atoms with van der Waals surface area (Å²) in [6.07, 6.45) is 0.912. The normalized spacial score (nSPS) is 21.1. The molecule has 0 aliphatic heterocycles. The zero-order valence-electron chi connectivity index (χ0n) is 11.5. The molecular formula is C16H15BrN2OS. The van der Waals surface area contributed by atoms with Crippen molar-refractivity contribution in [3.63, 3.8) is 0 Å². The van der Waals surface area contributed by atoms with Crippen molar-refractivity contribution in [3.05, 3.63) is 56.7 Å². The Bertz CT molecular complexity index is 681. The number of amides is 1.